The van der Waals surface area contributed by atoms with E-state index in [1.807, 2.05) is 6.92 Å². The maximum Gasteiger partial charge on any atom is 0.389 e. The summed E-state index contributed by atoms with van der Waals surface area (Å²) in [6.45, 7) is 2.27. The second-order valence-corrected chi connectivity index (χ2v) is 5.16. The van der Waals surface area contributed by atoms with Gasteiger partial charge in [-0.15, -0.1) is 0 Å². The van der Waals surface area contributed by atoms with Crippen LogP contribution in [0.4, 0.5) is 17.6 Å². The number of aryl methyl sites for hydroxylation is 1. The summed E-state index contributed by atoms with van der Waals surface area (Å²) in [6, 6.07) is 4.05. The van der Waals surface area contributed by atoms with E-state index in [0.717, 1.165) is 12.8 Å². The fourth-order valence-corrected chi connectivity index (χ4v) is 2.10. The van der Waals surface area contributed by atoms with Gasteiger partial charge in [-0.1, -0.05) is 19.4 Å². The van der Waals surface area contributed by atoms with Crippen molar-refractivity contribution in [3.05, 3.63) is 40.2 Å². The highest BCUT2D eigenvalue weighted by Gasteiger charge is 2.27. The predicted octanol–water partition coefficient (Wildman–Crippen LogP) is 4.61. The minimum atomic E-state index is -4.35. The van der Waals surface area contributed by atoms with Crippen molar-refractivity contribution in [1.82, 2.24) is 0 Å². The SMILES string of the molecule is CCCCOc1ccc2cc(CCC(F)(F)F)oc(=O)c2c1F. The largest absolute Gasteiger partial charge is 0.490 e. The van der Waals surface area contributed by atoms with E-state index in [0.29, 0.717) is 6.61 Å². The Morgan fingerprint density at radius 2 is 2.00 bits per heavy atom. The predicted molar refractivity (Wildman–Crippen MR) is 77.2 cm³/mol. The number of alkyl halides is 3. The van der Waals surface area contributed by atoms with Gasteiger partial charge in [0.05, 0.1) is 13.0 Å². The number of ether oxygens (including phenoxy) is 1. The number of rotatable bonds is 6. The van der Waals surface area contributed by atoms with Crippen molar-refractivity contribution in [2.45, 2.75) is 38.8 Å². The van der Waals surface area contributed by atoms with Gasteiger partial charge >= 0.3 is 11.8 Å². The zero-order chi connectivity index (χ0) is 17.0. The molecule has 0 radical (unpaired) electrons. The first kappa shape index (κ1) is 17.3. The number of hydrogen-bond acceptors (Lipinski definition) is 3. The van der Waals surface area contributed by atoms with Gasteiger partial charge in [0.15, 0.2) is 11.6 Å². The summed E-state index contributed by atoms with van der Waals surface area (Å²) >= 11 is 0. The summed E-state index contributed by atoms with van der Waals surface area (Å²) < 4.78 is 61.0. The molecule has 0 bridgehead atoms. The zero-order valence-corrected chi connectivity index (χ0v) is 12.5. The molecule has 0 N–H and O–H groups in total. The summed E-state index contributed by atoms with van der Waals surface area (Å²) in [5.74, 6) is -1.05. The summed E-state index contributed by atoms with van der Waals surface area (Å²) in [7, 11) is 0. The Morgan fingerprint density at radius 3 is 2.65 bits per heavy atom. The van der Waals surface area contributed by atoms with Crippen LogP contribution in [0.3, 0.4) is 0 Å². The van der Waals surface area contributed by atoms with Crippen LogP contribution < -0.4 is 10.4 Å². The Labute approximate surface area is 129 Å². The molecule has 0 saturated heterocycles. The van der Waals surface area contributed by atoms with Crippen molar-refractivity contribution in [2.24, 2.45) is 0 Å². The van der Waals surface area contributed by atoms with E-state index in [9.17, 15) is 22.4 Å². The Bertz CT molecular complexity index is 734. The second kappa shape index (κ2) is 7.02. The van der Waals surface area contributed by atoms with Crippen molar-refractivity contribution < 1.29 is 26.7 Å². The summed E-state index contributed by atoms with van der Waals surface area (Å²) in [6.07, 6.45) is -4.31. The van der Waals surface area contributed by atoms with Crippen LogP contribution >= 0.6 is 0 Å². The number of hydrogen-bond donors (Lipinski definition) is 0. The van der Waals surface area contributed by atoms with Crippen molar-refractivity contribution >= 4 is 10.8 Å². The highest BCUT2D eigenvalue weighted by atomic mass is 19.4. The molecular formula is C16H16F4O3. The second-order valence-electron chi connectivity index (χ2n) is 5.16. The topological polar surface area (TPSA) is 39.4 Å². The Hall–Kier alpha value is -2.05. The molecule has 0 aliphatic carbocycles. The van der Waals surface area contributed by atoms with E-state index in [1.54, 1.807) is 0 Å². The average molecular weight is 332 g/mol. The summed E-state index contributed by atoms with van der Waals surface area (Å²) in [5, 5.41) is -0.117. The monoisotopic (exact) mass is 332 g/mol. The fraction of sp³-hybridized carbons (Fsp3) is 0.438. The van der Waals surface area contributed by atoms with Crippen LogP contribution in [0.1, 0.15) is 31.9 Å². The quantitative estimate of drug-likeness (QED) is 0.573. The minimum absolute atomic E-state index is 0.0682. The van der Waals surface area contributed by atoms with Gasteiger partial charge in [-0.05, 0) is 23.9 Å². The van der Waals surface area contributed by atoms with Gasteiger partial charge in [0.1, 0.15) is 11.1 Å². The normalized spacial score (nSPS) is 11.9. The molecular weight excluding hydrogens is 316 g/mol. The number of unbranched alkanes of at least 4 members (excludes halogenated alkanes) is 1. The molecule has 0 spiro atoms. The van der Waals surface area contributed by atoms with Gasteiger partial charge in [0.2, 0.25) is 0 Å². The summed E-state index contributed by atoms with van der Waals surface area (Å²) in [5.41, 5.74) is -1.00. The molecule has 0 atom stereocenters. The van der Waals surface area contributed by atoms with Gasteiger partial charge in [-0.2, -0.15) is 13.2 Å². The molecule has 2 aromatic rings. The number of fused-ring (bicyclic) bond motifs is 1. The molecule has 1 aromatic heterocycles. The lowest BCUT2D eigenvalue weighted by molar-refractivity contribution is -0.134. The van der Waals surface area contributed by atoms with Crippen molar-refractivity contribution in [1.29, 1.82) is 0 Å². The molecule has 0 fully saturated rings. The zero-order valence-electron chi connectivity index (χ0n) is 12.5. The molecule has 126 valence electrons. The molecule has 1 aromatic carbocycles. The summed E-state index contributed by atoms with van der Waals surface area (Å²) in [4.78, 5) is 11.9. The van der Waals surface area contributed by atoms with Crippen molar-refractivity contribution in [2.75, 3.05) is 6.61 Å². The van der Waals surface area contributed by atoms with Crippen LogP contribution in [-0.4, -0.2) is 12.8 Å². The molecule has 1 heterocycles. The van der Waals surface area contributed by atoms with E-state index in [-0.39, 0.29) is 22.3 Å². The maximum atomic E-state index is 14.3. The molecule has 0 unspecified atom stereocenters. The third kappa shape index (κ3) is 4.46. The van der Waals surface area contributed by atoms with Gasteiger partial charge in [-0.3, -0.25) is 0 Å². The van der Waals surface area contributed by atoms with Crippen molar-refractivity contribution in [3.8, 4) is 5.75 Å². The minimum Gasteiger partial charge on any atom is -0.490 e. The van der Waals surface area contributed by atoms with Crippen LogP contribution in [0.5, 0.6) is 5.75 Å². The molecule has 7 heteroatoms. The fourth-order valence-electron chi connectivity index (χ4n) is 2.10. The first-order chi connectivity index (χ1) is 10.8. The van der Waals surface area contributed by atoms with Gasteiger partial charge < -0.3 is 9.15 Å². The molecule has 3 nitrogen and oxygen atoms in total. The lowest BCUT2D eigenvalue weighted by Crippen LogP contribution is -2.11. The highest BCUT2D eigenvalue weighted by Crippen LogP contribution is 2.27. The molecule has 0 saturated carbocycles. The van der Waals surface area contributed by atoms with Crippen molar-refractivity contribution in [3.63, 3.8) is 0 Å². The van der Waals surface area contributed by atoms with E-state index in [2.05, 4.69) is 0 Å². The lowest BCUT2D eigenvalue weighted by Gasteiger charge is -2.09. The molecule has 0 aliphatic rings. The molecule has 23 heavy (non-hydrogen) atoms. The third-order valence-corrected chi connectivity index (χ3v) is 3.29. The van der Waals surface area contributed by atoms with Gasteiger partial charge in [0.25, 0.3) is 0 Å². The van der Waals surface area contributed by atoms with E-state index in [1.165, 1.54) is 18.2 Å². The van der Waals surface area contributed by atoms with Crippen LogP contribution in [0.25, 0.3) is 10.8 Å². The average Bonchev–Trinajstić information content (AvgIpc) is 2.46. The van der Waals surface area contributed by atoms with Crippen LogP contribution in [0, 0.1) is 5.82 Å². The Balaban J connectivity index is 2.32. The number of benzene rings is 1. The van der Waals surface area contributed by atoms with Gasteiger partial charge in [-0.25, -0.2) is 9.18 Å². The Morgan fingerprint density at radius 1 is 1.26 bits per heavy atom. The van der Waals surface area contributed by atoms with Crippen LogP contribution in [-0.2, 0) is 6.42 Å². The van der Waals surface area contributed by atoms with Crippen LogP contribution in [0.15, 0.2) is 27.4 Å². The molecule has 0 amide bonds. The van der Waals surface area contributed by atoms with Crippen LogP contribution in [0.2, 0.25) is 0 Å². The highest BCUT2D eigenvalue weighted by molar-refractivity contribution is 5.83. The van der Waals surface area contributed by atoms with E-state index >= 15 is 0 Å². The smallest absolute Gasteiger partial charge is 0.389 e. The maximum absolute atomic E-state index is 14.3. The first-order valence-electron chi connectivity index (χ1n) is 7.26. The standard InChI is InChI=1S/C16H16F4O3/c1-2-3-8-22-12-5-4-10-9-11(6-7-16(18,19)20)23-15(21)13(10)14(12)17/h4-5,9H,2-3,6-8H2,1H3. The first-order valence-corrected chi connectivity index (χ1v) is 7.26. The molecule has 0 aliphatic heterocycles. The number of halogens is 4. The third-order valence-electron chi connectivity index (χ3n) is 3.29. The van der Waals surface area contributed by atoms with E-state index in [4.69, 9.17) is 9.15 Å². The van der Waals surface area contributed by atoms with E-state index < -0.39 is 30.5 Å². The Kier molecular flexibility index (Phi) is 5.28. The van der Waals surface area contributed by atoms with Gasteiger partial charge in [0, 0.05) is 6.42 Å². The lowest BCUT2D eigenvalue weighted by atomic mass is 10.1. The molecule has 2 rings (SSSR count).